The molecule has 0 N–H and O–H groups in total. The Morgan fingerprint density at radius 1 is 1.00 bits per heavy atom. The van der Waals surface area contributed by atoms with Gasteiger partial charge >= 0.3 is 0 Å². The molecule has 0 rings (SSSR count). The maximum atomic E-state index is 5.66. The van der Waals surface area contributed by atoms with E-state index in [1.165, 1.54) is 0 Å². The zero-order valence-corrected chi connectivity index (χ0v) is 11.8. The SMILES string of the molecule is Cl[SiH2]C([SiH](Cl)Cl)[SiH](Cl)Cl. The van der Waals surface area contributed by atoms with E-state index in [0.717, 1.165) is 0 Å². The van der Waals surface area contributed by atoms with Crippen molar-refractivity contribution in [3.8, 4) is 0 Å². The van der Waals surface area contributed by atoms with Gasteiger partial charge in [-0.2, -0.15) is 55.4 Å². The maximum Gasteiger partial charge on any atom is 0.237 e. The summed E-state index contributed by atoms with van der Waals surface area (Å²) < 4.78 is 0. The molecule has 0 aromatic carbocycles. The number of rotatable bonds is 3. The van der Waals surface area contributed by atoms with Gasteiger partial charge in [0.05, 0.1) is 0 Å². The monoisotopic (exact) mass is 276 g/mol. The quantitative estimate of drug-likeness (QED) is 0.543. The minimum absolute atomic E-state index is 0.165. The minimum Gasteiger partial charge on any atom is -0.176 e. The predicted octanol–water partition coefficient (Wildman–Crippen LogP) is 1.57. The Bertz CT molecular complexity index is 66.6. The van der Waals surface area contributed by atoms with Gasteiger partial charge in [0.2, 0.25) is 14.8 Å². The van der Waals surface area contributed by atoms with Crippen molar-refractivity contribution >= 4 is 79.1 Å². The molecular formula is CH5Cl5Si3. The van der Waals surface area contributed by atoms with Gasteiger partial charge in [-0.3, -0.25) is 0 Å². The van der Waals surface area contributed by atoms with Crippen LogP contribution in [0.25, 0.3) is 0 Å². The summed E-state index contributed by atoms with van der Waals surface area (Å²) in [5, 5.41) is 0. The molecule has 0 saturated heterocycles. The standard InChI is InChI=1S/CH5Cl5Si3/c2-7-1(8(3)4)9(5)6/h1,8-9H,7H2. The molecule has 0 aliphatic heterocycles. The Hall–Kier alpha value is 2.10. The average Bonchev–Trinajstić information content (AvgIpc) is 1.64. The third kappa shape index (κ3) is 4.53. The lowest BCUT2D eigenvalue weighted by atomic mass is 11.8. The van der Waals surface area contributed by atoms with E-state index in [4.69, 9.17) is 55.4 Å². The van der Waals surface area contributed by atoms with Gasteiger partial charge in [0.15, 0.2) is 0 Å². The summed E-state index contributed by atoms with van der Waals surface area (Å²) in [7, 11) is -4.04. The second kappa shape index (κ2) is 5.71. The van der Waals surface area contributed by atoms with E-state index < -0.39 is 23.7 Å². The zero-order chi connectivity index (χ0) is 7.44. The van der Waals surface area contributed by atoms with Crippen LogP contribution in [0.1, 0.15) is 0 Å². The third-order valence-electron chi connectivity index (χ3n) is 0.825. The van der Waals surface area contributed by atoms with Gasteiger partial charge in [0.1, 0.15) is 8.83 Å². The summed E-state index contributed by atoms with van der Waals surface area (Å²) in [6.07, 6.45) is 0. The first-order valence-corrected chi connectivity index (χ1v) is 13.5. The van der Waals surface area contributed by atoms with E-state index in [2.05, 4.69) is 0 Å². The van der Waals surface area contributed by atoms with Crippen LogP contribution >= 0.6 is 55.4 Å². The molecule has 0 aliphatic carbocycles. The van der Waals surface area contributed by atoms with Gasteiger partial charge in [-0.1, -0.05) is 0 Å². The smallest absolute Gasteiger partial charge is 0.176 e. The second-order valence-electron chi connectivity index (χ2n) is 1.49. The highest BCUT2D eigenvalue weighted by Gasteiger charge is 2.26. The van der Waals surface area contributed by atoms with E-state index >= 15 is 0 Å². The predicted molar refractivity (Wildman–Crippen MR) is 55.9 cm³/mol. The molecule has 0 heterocycles. The van der Waals surface area contributed by atoms with Gasteiger partial charge in [-0.15, -0.1) is 0 Å². The molecule has 0 aliphatic rings. The van der Waals surface area contributed by atoms with Crippen LogP contribution in [0.5, 0.6) is 0 Å². The van der Waals surface area contributed by atoms with Crippen LogP contribution < -0.4 is 0 Å². The molecule has 0 radical (unpaired) electrons. The van der Waals surface area contributed by atoms with Crippen LogP contribution in [0.3, 0.4) is 0 Å². The van der Waals surface area contributed by atoms with Crippen molar-refractivity contribution in [3.63, 3.8) is 0 Å². The van der Waals surface area contributed by atoms with Crippen LogP contribution in [0.15, 0.2) is 0 Å². The van der Waals surface area contributed by atoms with Crippen molar-refractivity contribution in [3.05, 3.63) is 0 Å². The van der Waals surface area contributed by atoms with E-state index in [1.54, 1.807) is 0 Å². The molecule has 0 unspecified atom stereocenters. The topological polar surface area (TPSA) is 0 Å². The molecule has 9 heavy (non-hydrogen) atoms. The second-order valence-corrected chi connectivity index (χ2v) is 16.4. The van der Waals surface area contributed by atoms with E-state index in [1.807, 2.05) is 0 Å². The molecule has 56 valence electrons. The van der Waals surface area contributed by atoms with Crippen molar-refractivity contribution in [2.45, 2.75) is 4.79 Å². The zero-order valence-electron chi connectivity index (χ0n) is 4.33. The van der Waals surface area contributed by atoms with Crippen molar-refractivity contribution in [2.24, 2.45) is 0 Å². The summed E-state index contributed by atoms with van der Waals surface area (Å²) in [5.74, 6) is 0. The van der Waals surface area contributed by atoms with Crippen molar-refractivity contribution in [2.75, 3.05) is 0 Å². The molecule has 0 nitrogen and oxygen atoms in total. The summed E-state index contributed by atoms with van der Waals surface area (Å²) in [4.78, 5) is 0.165. The largest absolute Gasteiger partial charge is 0.237 e. The van der Waals surface area contributed by atoms with E-state index in [0.29, 0.717) is 0 Å². The molecule has 0 amide bonds. The normalized spacial score (nSPS) is 13.3. The molecule has 0 aromatic heterocycles. The Labute approximate surface area is 83.3 Å². The van der Waals surface area contributed by atoms with Crippen LogP contribution in [-0.4, -0.2) is 23.7 Å². The molecular weight excluding hydrogens is 274 g/mol. The fourth-order valence-electron chi connectivity index (χ4n) is 0.245. The molecule has 8 heteroatoms. The molecule has 0 bridgehead atoms. The lowest BCUT2D eigenvalue weighted by molar-refractivity contribution is 1.84. The van der Waals surface area contributed by atoms with Gasteiger partial charge < -0.3 is 0 Å². The fraction of sp³-hybridized carbons (Fsp3) is 1.00. The minimum atomic E-state index is -1.67. The maximum absolute atomic E-state index is 5.66. The number of hydrogen-bond donors (Lipinski definition) is 0. The van der Waals surface area contributed by atoms with Gasteiger partial charge in [-0.05, 0) is 0 Å². The summed E-state index contributed by atoms with van der Waals surface area (Å²) >= 11 is 28.3. The Morgan fingerprint density at radius 3 is 1.33 bits per heavy atom. The molecule has 0 saturated carbocycles. The lowest BCUT2D eigenvalue weighted by Gasteiger charge is -2.10. The van der Waals surface area contributed by atoms with Gasteiger partial charge in [-0.25, -0.2) is 0 Å². The summed E-state index contributed by atoms with van der Waals surface area (Å²) in [5.41, 5.74) is 0. The first-order valence-electron chi connectivity index (χ1n) is 2.22. The fourth-order valence-corrected chi connectivity index (χ4v) is 19.8. The molecule has 0 atom stereocenters. The van der Waals surface area contributed by atoms with Crippen LogP contribution in [0, 0.1) is 0 Å². The average molecular weight is 279 g/mol. The van der Waals surface area contributed by atoms with Crippen molar-refractivity contribution in [1.29, 1.82) is 0 Å². The molecule has 0 spiro atoms. The van der Waals surface area contributed by atoms with Crippen LogP contribution in [0.4, 0.5) is 0 Å². The Kier molecular flexibility index (Phi) is 7.05. The first kappa shape index (κ1) is 11.1. The van der Waals surface area contributed by atoms with Crippen molar-refractivity contribution in [1.82, 2.24) is 0 Å². The Balaban J connectivity index is 3.68. The highest BCUT2D eigenvalue weighted by atomic mass is 35.7. The Morgan fingerprint density at radius 2 is 1.33 bits per heavy atom. The first-order chi connectivity index (χ1) is 4.09. The number of halogens is 5. The summed E-state index contributed by atoms with van der Waals surface area (Å²) in [6, 6.07) is 0. The highest BCUT2D eigenvalue weighted by molar-refractivity contribution is 7.49. The highest BCUT2D eigenvalue weighted by Crippen LogP contribution is 2.24. The molecule has 0 fully saturated rings. The van der Waals surface area contributed by atoms with Crippen LogP contribution in [-0.2, 0) is 0 Å². The number of hydrogen-bond acceptors (Lipinski definition) is 0. The van der Waals surface area contributed by atoms with Gasteiger partial charge in [0, 0.05) is 4.79 Å². The molecule has 0 aromatic rings. The third-order valence-corrected chi connectivity index (χ3v) is 22.3. The summed E-state index contributed by atoms with van der Waals surface area (Å²) in [6.45, 7) is 0. The van der Waals surface area contributed by atoms with E-state index in [-0.39, 0.29) is 4.79 Å². The van der Waals surface area contributed by atoms with Crippen molar-refractivity contribution < 1.29 is 0 Å². The van der Waals surface area contributed by atoms with Crippen LogP contribution in [0.2, 0.25) is 4.79 Å². The van der Waals surface area contributed by atoms with Gasteiger partial charge in [0.25, 0.3) is 0 Å². The lowest BCUT2D eigenvalue weighted by Crippen LogP contribution is -2.21. The van der Waals surface area contributed by atoms with E-state index in [9.17, 15) is 0 Å².